The van der Waals surface area contributed by atoms with E-state index in [4.69, 9.17) is 4.74 Å². The summed E-state index contributed by atoms with van der Waals surface area (Å²) in [4.78, 5) is 11.3. The number of fused-ring (bicyclic) bond motifs is 1. The van der Waals surface area contributed by atoms with Crippen LogP contribution in [0.2, 0.25) is 0 Å². The van der Waals surface area contributed by atoms with E-state index in [2.05, 4.69) is 44.6 Å². The van der Waals surface area contributed by atoms with E-state index < -0.39 is 0 Å². The van der Waals surface area contributed by atoms with Crippen molar-refractivity contribution in [1.29, 1.82) is 0 Å². The second-order valence-electron chi connectivity index (χ2n) is 5.37. The van der Waals surface area contributed by atoms with Gasteiger partial charge in [0.2, 0.25) is 0 Å². The summed E-state index contributed by atoms with van der Waals surface area (Å²) in [6, 6.07) is 4.04. The number of rotatable bonds is 1. The molecule has 0 amide bonds. The largest absolute Gasteiger partial charge is 0.377 e. The van der Waals surface area contributed by atoms with Crippen LogP contribution in [0.15, 0.2) is 29.0 Å². The summed E-state index contributed by atoms with van der Waals surface area (Å²) in [5.41, 5.74) is 2.96. The van der Waals surface area contributed by atoms with Gasteiger partial charge in [0.05, 0.1) is 30.0 Å². The summed E-state index contributed by atoms with van der Waals surface area (Å²) < 4.78 is 6.53. The lowest BCUT2D eigenvalue weighted by atomic mass is 10.0. The van der Waals surface area contributed by atoms with Crippen molar-refractivity contribution in [2.75, 3.05) is 24.7 Å². The van der Waals surface area contributed by atoms with E-state index in [1.807, 2.05) is 24.5 Å². The first kappa shape index (κ1) is 12.8. The maximum absolute atomic E-state index is 5.58. The predicted octanol–water partition coefficient (Wildman–Crippen LogP) is 3.01. The molecule has 1 fully saturated rings. The second-order valence-corrected chi connectivity index (χ2v) is 6.28. The van der Waals surface area contributed by atoms with Gasteiger partial charge in [0.25, 0.3) is 0 Å². The van der Waals surface area contributed by atoms with Crippen molar-refractivity contribution in [3.8, 4) is 0 Å². The number of pyridine rings is 2. The molecule has 1 aliphatic heterocycles. The maximum Gasteiger partial charge on any atom is 0.112 e. The minimum Gasteiger partial charge on any atom is -0.377 e. The SMILES string of the molecule is CC1(C)COCCN1c1ccnc2cc(Br)cnc12. The summed E-state index contributed by atoms with van der Waals surface area (Å²) in [6.07, 6.45) is 3.66. The summed E-state index contributed by atoms with van der Waals surface area (Å²) in [5, 5.41) is 0. The third kappa shape index (κ3) is 2.32. The first-order valence-corrected chi connectivity index (χ1v) is 7.13. The Morgan fingerprint density at radius 1 is 1.37 bits per heavy atom. The number of aromatic nitrogens is 2. The van der Waals surface area contributed by atoms with Gasteiger partial charge in [-0.25, -0.2) is 0 Å². The topological polar surface area (TPSA) is 38.2 Å². The van der Waals surface area contributed by atoms with Gasteiger partial charge in [0.15, 0.2) is 0 Å². The normalized spacial score (nSPS) is 18.8. The summed E-state index contributed by atoms with van der Waals surface area (Å²) in [7, 11) is 0. The molecule has 4 nitrogen and oxygen atoms in total. The van der Waals surface area contributed by atoms with Gasteiger partial charge in [-0.15, -0.1) is 0 Å². The Hall–Kier alpha value is -1.20. The van der Waals surface area contributed by atoms with Crippen molar-refractivity contribution in [2.24, 2.45) is 0 Å². The van der Waals surface area contributed by atoms with Crippen LogP contribution in [-0.2, 0) is 4.74 Å². The monoisotopic (exact) mass is 321 g/mol. The Labute approximate surface area is 120 Å². The fourth-order valence-electron chi connectivity index (χ4n) is 2.51. The molecule has 0 unspecified atom stereocenters. The highest BCUT2D eigenvalue weighted by Crippen LogP contribution is 2.31. The third-order valence-electron chi connectivity index (χ3n) is 3.46. The van der Waals surface area contributed by atoms with Crippen LogP contribution >= 0.6 is 15.9 Å². The van der Waals surface area contributed by atoms with Crippen LogP contribution in [0, 0.1) is 0 Å². The lowest BCUT2D eigenvalue weighted by molar-refractivity contribution is 0.0645. The van der Waals surface area contributed by atoms with Gasteiger partial charge in [-0.2, -0.15) is 0 Å². The molecule has 0 saturated carbocycles. The van der Waals surface area contributed by atoms with Crippen molar-refractivity contribution < 1.29 is 4.74 Å². The molecule has 0 aromatic carbocycles. The van der Waals surface area contributed by atoms with Gasteiger partial charge < -0.3 is 9.64 Å². The Morgan fingerprint density at radius 3 is 3.00 bits per heavy atom. The number of halogens is 1. The summed E-state index contributed by atoms with van der Waals surface area (Å²) in [6.45, 7) is 6.75. The zero-order valence-corrected chi connectivity index (χ0v) is 12.6. The number of hydrogen-bond acceptors (Lipinski definition) is 4. The molecule has 1 saturated heterocycles. The van der Waals surface area contributed by atoms with E-state index >= 15 is 0 Å². The molecule has 0 aliphatic carbocycles. The van der Waals surface area contributed by atoms with Gasteiger partial charge in [0.1, 0.15) is 5.52 Å². The average molecular weight is 322 g/mol. The van der Waals surface area contributed by atoms with Gasteiger partial charge in [0, 0.05) is 23.4 Å². The lowest BCUT2D eigenvalue weighted by Gasteiger charge is -2.43. The molecule has 5 heteroatoms. The van der Waals surface area contributed by atoms with E-state index in [1.165, 1.54) is 0 Å². The van der Waals surface area contributed by atoms with Crippen molar-refractivity contribution >= 4 is 32.7 Å². The van der Waals surface area contributed by atoms with Crippen LogP contribution in [0.3, 0.4) is 0 Å². The van der Waals surface area contributed by atoms with Crippen molar-refractivity contribution in [3.05, 3.63) is 29.0 Å². The van der Waals surface area contributed by atoms with Gasteiger partial charge in [-0.1, -0.05) is 0 Å². The number of hydrogen-bond donors (Lipinski definition) is 0. The standard InChI is InChI=1S/C14H16BrN3O/c1-14(2)9-19-6-5-18(14)12-3-4-16-11-7-10(15)8-17-13(11)12/h3-4,7-8H,5-6,9H2,1-2H3. The number of ether oxygens (including phenoxy) is 1. The molecule has 2 aromatic rings. The molecule has 1 aliphatic rings. The average Bonchev–Trinajstić information content (AvgIpc) is 2.37. The van der Waals surface area contributed by atoms with E-state index in [0.717, 1.165) is 41.0 Å². The van der Waals surface area contributed by atoms with Crippen LogP contribution < -0.4 is 4.90 Å². The van der Waals surface area contributed by atoms with Crippen LogP contribution in [0.4, 0.5) is 5.69 Å². The van der Waals surface area contributed by atoms with Crippen LogP contribution in [0.1, 0.15) is 13.8 Å². The zero-order valence-electron chi connectivity index (χ0n) is 11.1. The maximum atomic E-state index is 5.58. The Bertz CT molecular complexity index is 615. The fourth-order valence-corrected chi connectivity index (χ4v) is 2.83. The molecule has 19 heavy (non-hydrogen) atoms. The smallest absolute Gasteiger partial charge is 0.112 e. The zero-order chi connectivity index (χ0) is 13.5. The summed E-state index contributed by atoms with van der Waals surface area (Å²) >= 11 is 3.44. The van der Waals surface area contributed by atoms with E-state index in [-0.39, 0.29) is 5.54 Å². The number of nitrogens with zero attached hydrogens (tertiary/aromatic N) is 3. The first-order valence-electron chi connectivity index (χ1n) is 6.33. The van der Waals surface area contributed by atoms with Gasteiger partial charge in [-0.3, -0.25) is 9.97 Å². The van der Waals surface area contributed by atoms with E-state index in [1.54, 1.807) is 0 Å². The van der Waals surface area contributed by atoms with Gasteiger partial charge in [-0.05, 0) is 41.9 Å². The molecule has 0 spiro atoms. The molecular formula is C14H16BrN3O. The number of morpholine rings is 1. The van der Waals surface area contributed by atoms with Gasteiger partial charge >= 0.3 is 0 Å². The predicted molar refractivity (Wildman–Crippen MR) is 79.5 cm³/mol. The lowest BCUT2D eigenvalue weighted by Crippen LogP contribution is -2.53. The first-order chi connectivity index (χ1) is 9.08. The van der Waals surface area contributed by atoms with Crippen LogP contribution in [0.25, 0.3) is 11.0 Å². The third-order valence-corrected chi connectivity index (χ3v) is 3.89. The minimum atomic E-state index is -0.0265. The van der Waals surface area contributed by atoms with E-state index in [9.17, 15) is 0 Å². The molecule has 0 atom stereocenters. The molecule has 0 bridgehead atoms. The second kappa shape index (κ2) is 4.72. The highest BCUT2D eigenvalue weighted by Gasteiger charge is 2.31. The molecule has 0 N–H and O–H groups in total. The van der Waals surface area contributed by atoms with Crippen molar-refractivity contribution in [1.82, 2.24) is 9.97 Å². The van der Waals surface area contributed by atoms with Crippen molar-refractivity contribution in [3.63, 3.8) is 0 Å². The van der Waals surface area contributed by atoms with Crippen LogP contribution in [0.5, 0.6) is 0 Å². The summed E-state index contributed by atoms with van der Waals surface area (Å²) in [5.74, 6) is 0. The molecule has 3 rings (SSSR count). The van der Waals surface area contributed by atoms with Crippen LogP contribution in [-0.4, -0.2) is 35.3 Å². The van der Waals surface area contributed by atoms with Crippen molar-refractivity contribution in [2.45, 2.75) is 19.4 Å². The molecule has 0 radical (unpaired) electrons. The Balaban J connectivity index is 2.14. The molecule has 3 heterocycles. The quantitative estimate of drug-likeness (QED) is 0.809. The molecular weight excluding hydrogens is 306 g/mol. The number of anilines is 1. The Kier molecular flexibility index (Phi) is 3.19. The fraction of sp³-hybridized carbons (Fsp3) is 0.429. The van der Waals surface area contributed by atoms with E-state index in [0.29, 0.717) is 0 Å². The minimum absolute atomic E-state index is 0.0265. The Morgan fingerprint density at radius 2 is 2.21 bits per heavy atom. The molecule has 100 valence electrons. The molecule has 2 aromatic heterocycles. The highest BCUT2D eigenvalue weighted by molar-refractivity contribution is 9.10. The highest BCUT2D eigenvalue weighted by atomic mass is 79.9.